The summed E-state index contributed by atoms with van der Waals surface area (Å²) in [6, 6.07) is 12.5. The van der Waals surface area contributed by atoms with Crippen LogP contribution in [0, 0.1) is 10.1 Å². The summed E-state index contributed by atoms with van der Waals surface area (Å²) in [5.74, 6) is -0.333. The van der Waals surface area contributed by atoms with E-state index in [0.29, 0.717) is 18.8 Å². The van der Waals surface area contributed by atoms with Crippen molar-refractivity contribution in [2.45, 2.75) is 45.9 Å². The first-order valence-electron chi connectivity index (χ1n) is 9.95. The monoisotopic (exact) mass is 397 g/mol. The van der Waals surface area contributed by atoms with Gasteiger partial charge in [0.25, 0.3) is 11.6 Å². The van der Waals surface area contributed by atoms with E-state index in [0.717, 1.165) is 37.1 Å². The summed E-state index contributed by atoms with van der Waals surface area (Å²) in [6.45, 7) is 6.37. The maximum absolute atomic E-state index is 12.6. The number of ether oxygens (including phenoxy) is 1. The van der Waals surface area contributed by atoms with Gasteiger partial charge in [-0.15, -0.1) is 0 Å². The summed E-state index contributed by atoms with van der Waals surface area (Å²) in [5, 5.41) is 14.4. The average Bonchev–Trinajstić information content (AvgIpc) is 3.25. The second kappa shape index (κ2) is 9.52. The van der Waals surface area contributed by atoms with Crippen molar-refractivity contribution in [3.8, 4) is 0 Å². The zero-order chi connectivity index (χ0) is 20.8. The van der Waals surface area contributed by atoms with Crippen molar-refractivity contribution in [1.82, 2.24) is 5.32 Å². The molecule has 0 spiro atoms. The SMILES string of the molecule is CC(C)OCc1ccccc1CNC(=O)c1ccc(N2CCCC2)c([N+](=O)[O-])c1. The Balaban J connectivity index is 1.71. The van der Waals surface area contributed by atoms with E-state index in [9.17, 15) is 14.9 Å². The maximum Gasteiger partial charge on any atom is 0.293 e. The molecule has 1 fully saturated rings. The largest absolute Gasteiger partial charge is 0.374 e. The van der Waals surface area contributed by atoms with Gasteiger partial charge in [0.05, 0.1) is 17.6 Å². The summed E-state index contributed by atoms with van der Waals surface area (Å²) < 4.78 is 5.67. The Bertz CT molecular complexity index is 876. The highest BCUT2D eigenvalue weighted by Gasteiger charge is 2.23. The number of carbonyl (C=O) groups is 1. The number of nitro benzene ring substituents is 1. The van der Waals surface area contributed by atoms with Crippen LogP contribution in [0.3, 0.4) is 0 Å². The molecular weight excluding hydrogens is 370 g/mol. The minimum Gasteiger partial charge on any atom is -0.374 e. The van der Waals surface area contributed by atoms with Crippen molar-refractivity contribution in [1.29, 1.82) is 0 Å². The average molecular weight is 397 g/mol. The van der Waals surface area contributed by atoms with E-state index in [1.807, 2.05) is 43.0 Å². The Labute approximate surface area is 170 Å². The van der Waals surface area contributed by atoms with E-state index in [1.165, 1.54) is 6.07 Å². The molecule has 0 aliphatic carbocycles. The fourth-order valence-corrected chi connectivity index (χ4v) is 3.44. The lowest BCUT2D eigenvalue weighted by Gasteiger charge is -2.18. The number of nitrogens with zero attached hydrogens (tertiary/aromatic N) is 2. The molecule has 1 N–H and O–H groups in total. The highest BCUT2D eigenvalue weighted by molar-refractivity contribution is 5.95. The molecule has 0 bridgehead atoms. The van der Waals surface area contributed by atoms with Gasteiger partial charge in [-0.1, -0.05) is 24.3 Å². The van der Waals surface area contributed by atoms with Crippen LogP contribution >= 0.6 is 0 Å². The molecule has 0 radical (unpaired) electrons. The predicted molar refractivity (Wildman–Crippen MR) is 112 cm³/mol. The highest BCUT2D eigenvalue weighted by atomic mass is 16.6. The number of amides is 1. The number of carbonyl (C=O) groups excluding carboxylic acids is 1. The Morgan fingerprint density at radius 1 is 1.17 bits per heavy atom. The molecule has 154 valence electrons. The highest BCUT2D eigenvalue weighted by Crippen LogP contribution is 2.31. The zero-order valence-electron chi connectivity index (χ0n) is 16.9. The lowest BCUT2D eigenvalue weighted by molar-refractivity contribution is -0.384. The van der Waals surface area contributed by atoms with Gasteiger partial charge in [-0.3, -0.25) is 14.9 Å². The summed E-state index contributed by atoms with van der Waals surface area (Å²) >= 11 is 0. The second-order valence-electron chi connectivity index (χ2n) is 7.47. The van der Waals surface area contributed by atoms with Gasteiger partial charge in [-0.05, 0) is 49.9 Å². The first-order chi connectivity index (χ1) is 14.0. The Morgan fingerprint density at radius 2 is 1.86 bits per heavy atom. The standard InChI is InChI=1S/C22H27N3O4/c1-16(2)29-15-19-8-4-3-7-18(19)14-23-22(26)17-9-10-20(21(13-17)25(27)28)24-11-5-6-12-24/h3-4,7-10,13,16H,5-6,11-12,14-15H2,1-2H3,(H,23,26). The topological polar surface area (TPSA) is 84.7 Å². The van der Waals surface area contributed by atoms with Gasteiger partial charge < -0.3 is 15.0 Å². The molecule has 29 heavy (non-hydrogen) atoms. The van der Waals surface area contributed by atoms with E-state index >= 15 is 0 Å². The number of hydrogen-bond donors (Lipinski definition) is 1. The normalized spacial score (nSPS) is 13.7. The molecule has 0 atom stereocenters. The summed E-state index contributed by atoms with van der Waals surface area (Å²) in [5.41, 5.74) is 2.82. The lowest BCUT2D eigenvalue weighted by atomic mass is 10.1. The summed E-state index contributed by atoms with van der Waals surface area (Å²) in [6.07, 6.45) is 2.17. The third-order valence-corrected chi connectivity index (χ3v) is 5.01. The first kappa shape index (κ1) is 20.8. The Kier molecular flexibility index (Phi) is 6.82. The molecule has 2 aromatic rings. The minimum atomic E-state index is -0.414. The molecule has 1 saturated heterocycles. The predicted octanol–water partition coefficient (Wildman–Crippen LogP) is 4.05. The molecule has 7 nitrogen and oxygen atoms in total. The molecule has 1 heterocycles. The molecule has 0 saturated carbocycles. The van der Waals surface area contributed by atoms with Gasteiger partial charge in [-0.25, -0.2) is 0 Å². The smallest absolute Gasteiger partial charge is 0.293 e. The van der Waals surface area contributed by atoms with Crippen LogP contribution in [0.5, 0.6) is 0 Å². The number of nitrogens with one attached hydrogen (secondary N) is 1. The van der Waals surface area contributed by atoms with Gasteiger partial charge in [0, 0.05) is 31.3 Å². The molecule has 1 aliphatic rings. The molecule has 2 aromatic carbocycles. The number of benzene rings is 2. The fourth-order valence-electron chi connectivity index (χ4n) is 3.44. The maximum atomic E-state index is 12.6. The number of anilines is 1. The number of nitro groups is 1. The van der Waals surface area contributed by atoms with Crippen molar-refractivity contribution >= 4 is 17.3 Å². The van der Waals surface area contributed by atoms with Crippen molar-refractivity contribution in [2.24, 2.45) is 0 Å². The lowest BCUT2D eigenvalue weighted by Crippen LogP contribution is -2.24. The molecule has 0 unspecified atom stereocenters. The van der Waals surface area contributed by atoms with Crippen molar-refractivity contribution < 1.29 is 14.5 Å². The van der Waals surface area contributed by atoms with Crippen LogP contribution in [-0.2, 0) is 17.9 Å². The second-order valence-corrected chi connectivity index (χ2v) is 7.47. The Hall–Kier alpha value is -2.93. The van der Waals surface area contributed by atoms with E-state index in [2.05, 4.69) is 5.32 Å². The third kappa shape index (κ3) is 5.32. The van der Waals surface area contributed by atoms with E-state index in [4.69, 9.17) is 4.74 Å². The van der Waals surface area contributed by atoms with E-state index < -0.39 is 4.92 Å². The van der Waals surface area contributed by atoms with Crippen LogP contribution in [0.15, 0.2) is 42.5 Å². The van der Waals surface area contributed by atoms with Gasteiger partial charge in [0.2, 0.25) is 0 Å². The molecule has 3 rings (SSSR count). The van der Waals surface area contributed by atoms with Crippen LogP contribution in [0.2, 0.25) is 0 Å². The summed E-state index contributed by atoms with van der Waals surface area (Å²) in [4.78, 5) is 25.8. The third-order valence-electron chi connectivity index (χ3n) is 5.01. The molecule has 1 aliphatic heterocycles. The van der Waals surface area contributed by atoms with E-state index in [-0.39, 0.29) is 23.3 Å². The van der Waals surface area contributed by atoms with Crippen molar-refractivity contribution in [3.05, 3.63) is 69.3 Å². The van der Waals surface area contributed by atoms with Gasteiger partial charge >= 0.3 is 0 Å². The number of hydrogen-bond acceptors (Lipinski definition) is 5. The van der Waals surface area contributed by atoms with Crippen molar-refractivity contribution in [3.63, 3.8) is 0 Å². The van der Waals surface area contributed by atoms with Gasteiger partial charge in [-0.2, -0.15) is 0 Å². The Morgan fingerprint density at radius 3 is 2.52 bits per heavy atom. The fraction of sp³-hybridized carbons (Fsp3) is 0.409. The zero-order valence-corrected chi connectivity index (χ0v) is 16.9. The summed E-state index contributed by atoms with van der Waals surface area (Å²) in [7, 11) is 0. The van der Waals surface area contributed by atoms with E-state index in [1.54, 1.807) is 12.1 Å². The van der Waals surface area contributed by atoms with Crippen molar-refractivity contribution in [2.75, 3.05) is 18.0 Å². The molecule has 7 heteroatoms. The minimum absolute atomic E-state index is 0.0229. The quantitative estimate of drug-likeness (QED) is 0.537. The van der Waals surface area contributed by atoms with Crippen LogP contribution in [-0.4, -0.2) is 30.0 Å². The van der Waals surface area contributed by atoms with Crippen LogP contribution in [0.25, 0.3) is 0 Å². The van der Waals surface area contributed by atoms with Crippen LogP contribution in [0.4, 0.5) is 11.4 Å². The van der Waals surface area contributed by atoms with Crippen LogP contribution in [0.1, 0.15) is 48.2 Å². The molecule has 1 amide bonds. The molecule has 0 aromatic heterocycles. The molecular formula is C22H27N3O4. The van der Waals surface area contributed by atoms with Gasteiger partial charge in [0.1, 0.15) is 5.69 Å². The number of rotatable bonds is 8. The van der Waals surface area contributed by atoms with Gasteiger partial charge in [0.15, 0.2) is 0 Å². The van der Waals surface area contributed by atoms with Crippen LogP contribution < -0.4 is 10.2 Å². The first-order valence-corrected chi connectivity index (χ1v) is 9.95.